The zero-order valence-electron chi connectivity index (χ0n) is 13.9. The summed E-state index contributed by atoms with van der Waals surface area (Å²) < 4.78 is 23.1. The molecule has 2 rings (SSSR count). The molecule has 0 fully saturated rings. The summed E-state index contributed by atoms with van der Waals surface area (Å²) in [7, 11) is -0.266. The van der Waals surface area contributed by atoms with E-state index in [1.807, 2.05) is 0 Å². The Morgan fingerprint density at radius 3 is 2.20 bits per heavy atom. The van der Waals surface area contributed by atoms with Crippen molar-refractivity contribution in [1.29, 1.82) is 0 Å². The van der Waals surface area contributed by atoms with Crippen LogP contribution in [0, 0.1) is 10.1 Å². The Morgan fingerprint density at radius 2 is 1.72 bits per heavy atom. The van der Waals surface area contributed by atoms with E-state index in [9.17, 15) is 23.3 Å². The van der Waals surface area contributed by atoms with Gasteiger partial charge in [0.1, 0.15) is 5.69 Å². The van der Waals surface area contributed by atoms with Gasteiger partial charge in [-0.15, -0.1) is 0 Å². The number of carbonyl (C=O) groups excluding carboxylic acids is 1. The summed E-state index contributed by atoms with van der Waals surface area (Å²) in [6, 6.07) is 10.1. The van der Waals surface area contributed by atoms with Gasteiger partial charge in [-0.2, -0.15) is 0 Å². The van der Waals surface area contributed by atoms with Crippen molar-refractivity contribution >= 4 is 32.8 Å². The van der Waals surface area contributed by atoms with Crippen molar-refractivity contribution in [2.45, 2.75) is 4.90 Å². The number of hydrogen-bond acceptors (Lipinski definition) is 6. The second-order valence-electron chi connectivity index (χ2n) is 5.61. The number of benzene rings is 2. The molecule has 0 aliphatic rings. The largest absolute Gasteiger partial charge is 0.350 e. The van der Waals surface area contributed by atoms with Crippen LogP contribution in [-0.4, -0.2) is 44.5 Å². The molecule has 1 N–H and O–H groups in total. The molecule has 0 saturated carbocycles. The van der Waals surface area contributed by atoms with Crippen LogP contribution in [-0.2, 0) is 9.84 Å². The topological polar surface area (TPSA) is 110 Å². The molecule has 0 aliphatic heterocycles. The molecule has 25 heavy (non-hydrogen) atoms. The number of carbonyl (C=O) groups is 1. The van der Waals surface area contributed by atoms with E-state index in [0.29, 0.717) is 11.3 Å². The molecule has 0 saturated heterocycles. The van der Waals surface area contributed by atoms with Gasteiger partial charge >= 0.3 is 0 Å². The van der Waals surface area contributed by atoms with Crippen molar-refractivity contribution < 1.29 is 18.1 Å². The average molecular weight is 363 g/mol. The van der Waals surface area contributed by atoms with E-state index in [-0.39, 0.29) is 22.2 Å². The standard InChI is InChI=1S/C16H17N3O5S/c1-18(2)16(20)11-4-6-12(7-5-11)17-14-9-8-13(25(3,23)24)10-15(14)19(21)22/h4-10,17H,1-3H3. The third-order valence-electron chi connectivity index (χ3n) is 3.41. The third-order valence-corrected chi connectivity index (χ3v) is 4.52. The smallest absolute Gasteiger partial charge is 0.293 e. The van der Waals surface area contributed by atoms with E-state index in [2.05, 4.69) is 5.32 Å². The van der Waals surface area contributed by atoms with E-state index >= 15 is 0 Å². The normalized spacial score (nSPS) is 11.0. The summed E-state index contributed by atoms with van der Waals surface area (Å²) in [5.41, 5.74) is 0.823. The lowest BCUT2D eigenvalue weighted by Gasteiger charge is -2.12. The van der Waals surface area contributed by atoms with Crippen LogP contribution in [0.4, 0.5) is 17.1 Å². The van der Waals surface area contributed by atoms with Gasteiger partial charge in [-0.25, -0.2) is 8.42 Å². The lowest BCUT2D eigenvalue weighted by Crippen LogP contribution is -2.21. The molecule has 9 heteroatoms. The first-order chi connectivity index (χ1) is 11.6. The summed E-state index contributed by atoms with van der Waals surface area (Å²) in [4.78, 5) is 23.7. The molecular formula is C16H17N3O5S. The second-order valence-corrected chi connectivity index (χ2v) is 7.63. The minimum atomic E-state index is -3.55. The highest BCUT2D eigenvalue weighted by molar-refractivity contribution is 7.90. The SMILES string of the molecule is CN(C)C(=O)c1ccc(Nc2ccc(S(C)(=O)=O)cc2[N+](=O)[O-])cc1. The molecule has 0 unspecified atom stereocenters. The van der Waals surface area contributed by atoms with Crippen molar-refractivity contribution in [1.82, 2.24) is 4.90 Å². The minimum Gasteiger partial charge on any atom is -0.350 e. The molecule has 0 heterocycles. The van der Waals surface area contributed by atoms with Crippen molar-refractivity contribution in [3.05, 3.63) is 58.1 Å². The highest BCUT2D eigenvalue weighted by atomic mass is 32.2. The van der Waals surface area contributed by atoms with Crippen LogP contribution in [0.1, 0.15) is 10.4 Å². The molecule has 0 aliphatic carbocycles. The number of hydrogen-bond donors (Lipinski definition) is 1. The first kappa shape index (κ1) is 18.4. The molecule has 0 spiro atoms. The highest BCUT2D eigenvalue weighted by Crippen LogP contribution is 2.30. The number of nitrogens with one attached hydrogen (secondary N) is 1. The Hall–Kier alpha value is -2.94. The summed E-state index contributed by atoms with van der Waals surface area (Å²) in [6.45, 7) is 0. The number of nitro benzene ring substituents is 1. The van der Waals surface area contributed by atoms with Crippen LogP contribution in [0.25, 0.3) is 0 Å². The van der Waals surface area contributed by atoms with Gasteiger partial charge in [0.2, 0.25) is 0 Å². The zero-order chi connectivity index (χ0) is 18.8. The lowest BCUT2D eigenvalue weighted by molar-refractivity contribution is -0.384. The Labute approximate surface area is 145 Å². The van der Waals surface area contributed by atoms with Gasteiger partial charge in [0.15, 0.2) is 9.84 Å². The fraction of sp³-hybridized carbons (Fsp3) is 0.188. The molecule has 0 bridgehead atoms. The van der Waals surface area contributed by atoms with Gasteiger partial charge in [-0.3, -0.25) is 14.9 Å². The van der Waals surface area contributed by atoms with Gasteiger partial charge in [0.25, 0.3) is 11.6 Å². The Morgan fingerprint density at radius 1 is 1.12 bits per heavy atom. The first-order valence-electron chi connectivity index (χ1n) is 7.17. The maximum Gasteiger partial charge on any atom is 0.293 e. The van der Waals surface area contributed by atoms with Crippen molar-refractivity contribution in [2.75, 3.05) is 25.7 Å². The fourth-order valence-corrected chi connectivity index (χ4v) is 2.75. The van der Waals surface area contributed by atoms with Gasteiger partial charge in [-0.1, -0.05) is 0 Å². The highest BCUT2D eigenvalue weighted by Gasteiger charge is 2.19. The number of rotatable bonds is 5. The predicted molar refractivity (Wildman–Crippen MR) is 93.9 cm³/mol. The van der Waals surface area contributed by atoms with E-state index in [1.165, 1.54) is 17.0 Å². The molecule has 1 amide bonds. The number of anilines is 2. The molecule has 2 aromatic carbocycles. The van der Waals surface area contributed by atoms with Crippen molar-refractivity contribution in [3.63, 3.8) is 0 Å². The van der Waals surface area contributed by atoms with Crippen LogP contribution < -0.4 is 5.32 Å². The van der Waals surface area contributed by atoms with Gasteiger partial charge in [0.05, 0.1) is 9.82 Å². The van der Waals surface area contributed by atoms with Crippen molar-refractivity contribution in [2.24, 2.45) is 0 Å². The molecule has 0 aromatic heterocycles. The summed E-state index contributed by atoms with van der Waals surface area (Å²) in [5, 5.41) is 14.1. The number of sulfone groups is 1. The van der Waals surface area contributed by atoms with Crippen LogP contribution in [0.5, 0.6) is 0 Å². The average Bonchev–Trinajstić information content (AvgIpc) is 2.54. The lowest BCUT2D eigenvalue weighted by atomic mass is 10.1. The summed E-state index contributed by atoms with van der Waals surface area (Å²) in [6.07, 6.45) is 0.986. The van der Waals surface area contributed by atoms with Crippen molar-refractivity contribution in [3.8, 4) is 0 Å². The fourth-order valence-electron chi connectivity index (χ4n) is 2.11. The van der Waals surface area contributed by atoms with Gasteiger partial charge in [0, 0.05) is 37.7 Å². The van der Waals surface area contributed by atoms with Gasteiger partial charge in [-0.05, 0) is 36.4 Å². The molecule has 0 radical (unpaired) electrons. The number of nitrogens with zero attached hydrogens (tertiary/aromatic N) is 2. The van der Waals surface area contributed by atoms with E-state index in [1.54, 1.807) is 38.4 Å². The molecule has 132 valence electrons. The number of nitro groups is 1. The molecule has 2 aromatic rings. The summed E-state index contributed by atoms with van der Waals surface area (Å²) >= 11 is 0. The molecular weight excluding hydrogens is 346 g/mol. The maximum absolute atomic E-state index is 11.8. The van der Waals surface area contributed by atoms with E-state index < -0.39 is 14.8 Å². The first-order valence-corrected chi connectivity index (χ1v) is 9.06. The van der Waals surface area contributed by atoms with Crippen LogP contribution in [0.15, 0.2) is 47.4 Å². The zero-order valence-corrected chi connectivity index (χ0v) is 14.7. The molecule has 0 atom stereocenters. The Bertz CT molecular complexity index is 921. The van der Waals surface area contributed by atoms with Crippen LogP contribution in [0.3, 0.4) is 0 Å². The van der Waals surface area contributed by atoms with E-state index in [0.717, 1.165) is 12.3 Å². The van der Waals surface area contributed by atoms with Crippen LogP contribution in [0.2, 0.25) is 0 Å². The van der Waals surface area contributed by atoms with Crippen LogP contribution >= 0.6 is 0 Å². The quantitative estimate of drug-likeness (QED) is 0.645. The van der Waals surface area contributed by atoms with E-state index in [4.69, 9.17) is 0 Å². The minimum absolute atomic E-state index is 0.128. The van der Waals surface area contributed by atoms with Gasteiger partial charge < -0.3 is 10.2 Å². The Kier molecular flexibility index (Phi) is 5.07. The third kappa shape index (κ3) is 4.32. The molecule has 8 nitrogen and oxygen atoms in total. The summed E-state index contributed by atoms with van der Waals surface area (Å²) in [5.74, 6) is -0.157. The number of amides is 1. The maximum atomic E-state index is 11.8. The second kappa shape index (κ2) is 6.89. The Balaban J connectivity index is 2.34. The monoisotopic (exact) mass is 363 g/mol. The predicted octanol–water partition coefficient (Wildman–Crippen LogP) is 2.44.